The van der Waals surface area contributed by atoms with Crippen molar-refractivity contribution >= 4 is 33.8 Å². The van der Waals surface area contributed by atoms with Gasteiger partial charge in [0, 0.05) is 23.3 Å². The fraction of sp³-hybridized carbons (Fsp3) is 0. The Labute approximate surface area is 171 Å². The van der Waals surface area contributed by atoms with Gasteiger partial charge in [-0.05, 0) is 35.9 Å². The van der Waals surface area contributed by atoms with Crippen LogP contribution in [0.5, 0.6) is 0 Å². The molecular weight excluding hydrogens is 376 g/mol. The molecule has 30 heavy (non-hydrogen) atoms. The molecule has 144 valence electrons. The van der Waals surface area contributed by atoms with Crippen LogP contribution in [-0.4, -0.2) is 25.7 Å². The number of imidazole rings is 1. The van der Waals surface area contributed by atoms with E-state index in [1.54, 1.807) is 24.5 Å². The molecule has 0 saturated heterocycles. The second-order valence-electron chi connectivity index (χ2n) is 6.83. The number of aromatic nitrogens is 4. The van der Waals surface area contributed by atoms with Crippen LogP contribution in [0.3, 0.4) is 0 Å². The Balaban J connectivity index is 1.65. The van der Waals surface area contributed by atoms with Gasteiger partial charge in [-0.1, -0.05) is 42.5 Å². The Morgan fingerprint density at radius 2 is 1.70 bits per heavy atom. The number of H-pyrrole nitrogens is 2. The van der Waals surface area contributed by atoms with E-state index >= 15 is 0 Å². The lowest BCUT2D eigenvalue weighted by atomic mass is 9.95. The summed E-state index contributed by atoms with van der Waals surface area (Å²) in [6, 6.07) is 18.7. The number of fused-ring (bicyclic) bond motifs is 2. The van der Waals surface area contributed by atoms with Crippen molar-refractivity contribution in [1.29, 1.82) is 0 Å². The maximum Gasteiger partial charge on any atom is 0.260 e. The number of para-hydroxylation sites is 2. The zero-order valence-electron chi connectivity index (χ0n) is 15.8. The lowest BCUT2D eigenvalue weighted by Crippen LogP contribution is -2.18. The van der Waals surface area contributed by atoms with Crippen molar-refractivity contribution in [2.75, 3.05) is 0 Å². The number of rotatable bonds is 4. The van der Waals surface area contributed by atoms with Gasteiger partial charge in [0.15, 0.2) is 5.78 Å². The zero-order valence-corrected chi connectivity index (χ0v) is 15.8. The minimum Gasteiger partial charge on any atom is -0.338 e. The topological polar surface area (TPSA) is 91.5 Å². The molecule has 6 nitrogen and oxygen atoms in total. The highest BCUT2D eigenvalue weighted by Gasteiger charge is 2.19. The fourth-order valence-electron chi connectivity index (χ4n) is 3.56. The van der Waals surface area contributed by atoms with E-state index in [1.807, 2.05) is 54.6 Å². The minimum atomic E-state index is -0.438. The van der Waals surface area contributed by atoms with Gasteiger partial charge < -0.3 is 9.97 Å². The summed E-state index contributed by atoms with van der Waals surface area (Å²) in [6.07, 6.45) is 6.23. The first kappa shape index (κ1) is 17.8. The van der Waals surface area contributed by atoms with Crippen molar-refractivity contribution in [2.45, 2.75) is 0 Å². The third-order valence-electron chi connectivity index (χ3n) is 4.92. The summed E-state index contributed by atoms with van der Waals surface area (Å²) in [5.41, 5.74) is 3.31. The monoisotopic (exact) mass is 392 g/mol. The molecule has 0 atom stereocenters. The summed E-state index contributed by atoms with van der Waals surface area (Å²) in [5.74, 6) is 0.144. The van der Waals surface area contributed by atoms with E-state index in [4.69, 9.17) is 0 Å². The molecule has 0 aliphatic rings. The van der Waals surface area contributed by atoms with E-state index in [0.29, 0.717) is 22.3 Å². The first-order valence-electron chi connectivity index (χ1n) is 9.43. The Kier molecular flexibility index (Phi) is 4.29. The molecule has 0 amide bonds. The van der Waals surface area contributed by atoms with Gasteiger partial charge in [0.1, 0.15) is 5.82 Å². The van der Waals surface area contributed by atoms with Crippen LogP contribution < -0.4 is 5.56 Å². The third-order valence-corrected chi connectivity index (χ3v) is 4.92. The summed E-state index contributed by atoms with van der Waals surface area (Å²) in [4.78, 5) is 40.6. The van der Waals surface area contributed by atoms with E-state index < -0.39 is 11.3 Å². The van der Waals surface area contributed by atoms with Crippen LogP contribution in [0.25, 0.3) is 39.1 Å². The molecule has 0 fully saturated rings. The van der Waals surface area contributed by atoms with Crippen molar-refractivity contribution in [3.05, 3.63) is 101 Å². The predicted molar refractivity (Wildman–Crippen MR) is 117 cm³/mol. The van der Waals surface area contributed by atoms with Crippen molar-refractivity contribution < 1.29 is 4.79 Å². The lowest BCUT2D eigenvalue weighted by molar-refractivity contribution is 0.104. The number of carbonyl (C=O) groups is 1. The maximum atomic E-state index is 13.1. The van der Waals surface area contributed by atoms with E-state index in [0.717, 1.165) is 16.6 Å². The third kappa shape index (κ3) is 3.10. The van der Waals surface area contributed by atoms with Gasteiger partial charge in [-0.3, -0.25) is 14.6 Å². The highest BCUT2D eigenvalue weighted by molar-refractivity contribution is 6.14. The number of hydrogen-bond acceptors (Lipinski definition) is 4. The standard InChI is InChI=1S/C24H16N4O2/c29-20(10-11-21-26-18-8-4-5-9-19(18)27-21)23-22(15-6-2-1-3-7-15)16-14-25-13-12-17(16)28-24(23)30/h1-14H,(H,26,27)(H,28,30). The van der Waals surface area contributed by atoms with Gasteiger partial charge in [-0.15, -0.1) is 0 Å². The van der Waals surface area contributed by atoms with E-state index in [2.05, 4.69) is 19.9 Å². The van der Waals surface area contributed by atoms with Gasteiger partial charge in [0.2, 0.25) is 0 Å². The summed E-state index contributed by atoms with van der Waals surface area (Å²) < 4.78 is 0. The molecule has 3 heterocycles. The van der Waals surface area contributed by atoms with E-state index in [9.17, 15) is 9.59 Å². The van der Waals surface area contributed by atoms with Crippen molar-refractivity contribution in [3.8, 4) is 11.1 Å². The Morgan fingerprint density at radius 1 is 0.900 bits per heavy atom. The zero-order chi connectivity index (χ0) is 20.5. The quantitative estimate of drug-likeness (QED) is 0.351. The number of aromatic amines is 2. The Hall–Kier alpha value is -4.32. The highest BCUT2D eigenvalue weighted by atomic mass is 16.1. The lowest BCUT2D eigenvalue weighted by Gasteiger charge is -2.10. The summed E-state index contributed by atoms with van der Waals surface area (Å²) in [6.45, 7) is 0. The number of allylic oxidation sites excluding steroid dienone is 1. The average Bonchev–Trinajstić information content (AvgIpc) is 3.20. The van der Waals surface area contributed by atoms with Crippen LogP contribution in [-0.2, 0) is 0 Å². The molecule has 0 aliphatic carbocycles. The van der Waals surface area contributed by atoms with Gasteiger partial charge in [-0.2, -0.15) is 0 Å². The number of pyridine rings is 2. The number of hydrogen-bond donors (Lipinski definition) is 2. The highest BCUT2D eigenvalue weighted by Crippen LogP contribution is 2.29. The van der Waals surface area contributed by atoms with Crippen LogP contribution >= 0.6 is 0 Å². The SMILES string of the molecule is O=C(C=Cc1nc2ccccc2[nH]1)c1c(-c2ccccc2)c2cnccc2[nH]c1=O. The molecule has 5 aromatic rings. The molecule has 0 bridgehead atoms. The molecule has 0 spiro atoms. The summed E-state index contributed by atoms with van der Waals surface area (Å²) >= 11 is 0. The second-order valence-corrected chi connectivity index (χ2v) is 6.83. The van der Waals surface area contributed by atoms with Crippen LogP contribution in [0.15, 0.2) is 83.9 Å². The molecule has 2 aromatic carbocycles. The summed E-state index contributed by atoms with van der Waals surface area (Å²) in [7, 11) is 0. The van der Waals surface area contributed by atoms with E-state index in [1.165, 1.54) is 6.08 Å². The average molecular weight is 392 g/mol. The van der Waals surface area contributed by atoms with Gasteiger partial charge >= 0.3 is 0 Å². The second kappa shape index (κ2) is 7.25. The largest absolute Gasteiger partial charge is 0.338 e. The van der Waals surface area contributed by atoms with Gasteiger partial charge in [0.05, 0.1) is 22.1 Å². The summed E-state index contributed by atoms with van der Waals surface area (Å²) in [5, 5.41) is 0.712. The minimum absolute atomic E-state index is 0.0778. The molecule has 0 unspecified atom stereocenters. The maximum absolute atomic E-state index is 13.1. The van der Waals surface area contributed by atoms with Crippen LogP contribution in [0.4, 0.5) is 0 Å². The number of benzene rings is 2. The number of carbonyl (C=O) groups excluding carboxylic acids is 1. The van der Waals surface area contributed by atoms with Crippen molar-refractivity contribution in [2.24, 2.45) is 0 Å². The van der Waals surface area contributed by atoms with Crippen molar-refractivity contribution in [3.63, 3.8) is 0 Å². The number of nitrogens with zero attached hydrogens (tertiary/aromatic N) is 2. The van der Waals surface area contributed by atoms with Crippen LogP contribution in [0.2, 0.25) is 0 Å². The number of nitrogens with one attached hydrogen (secondary N) is 2. The molecule has 0 radical (unpaired) electrons. The first-order chi connectivity index (χ1) is 14.7. The fourth-order valence-corrected chi connectivity index (χ4v) is 3.56. The Bertz CT molecular complexity index is 1450. The molecule has 0 aliphatic heterocycles. The Morgan fingerprint density at radius 3 is 2.53 bits per heavy atom. The molecule has 3 aromatic heterocycles. The predicted octanol–water partition coefficient (Wildman–Crippen LogP) is 4.36. The molecule has 2 N–H and O–H groups in total. The van der Waals surface area contributed by atoms with E-state index in [-0.39, 0.29) is 5.56 Å². The first-order valence-corrected chi connectivity index (χ1v) is 9.43. The molecular formula is C24H16N4O2. The molecule has 5 rings (SSSR count). The number of ketones is 1. The molecule has 6 heteroatoms. The van der Waals surface area contributed by atoms with Gasteiger partial charge in [0.25, 0.3) is 5.56 Å². The normalized spacial score (nSPS) is 11.5. The van der Waals surface area contributed by atoms with Gasteiger partial charge in [-0.25, -0.2) is 4.98 Å². The molecule has 0 saturated carbocycles. The van der Waals surface area contributed by atoms with Crippen LogP contribution in [0, 0.1) is 0 Å². The van der Waals surface area contributed by atoms with Crippen molar-refractivity contribution in [1.82, 2.24) is 19.9 Å². The van der Waals surface area contributed by atoms with Crippen LogP contribution in [0.1, 0.15) is 16.2 Å². The smallest absolute Gasteiger partial charge is 0.260 e.